The molecule has 1 saturated carbocycles. The Kier molecular flexibility index (Phi) is 8.70. The van der Waals surface area contributed by atoms with Crippen LogP contribution in [0.3, 0.4) is 0 Å². The smallest absolute Gasteiger partial charge is 0.191 e. The number of nitrogens with zero attached hydrogens (tertiary/aromatic N) is 2. The largest absolute Gasteiger partial charge is 0.379 e. The van der Waals surface area contributed by atoms with Gasteiger partial charge in [0.1, 0.15) is 0 Å². The maximum atomic E-state index is 5.51. The van der Waals surface area contributed by atoms with Crippen molar-refractivity contribution in [3.05, 3.63) is 0 Å². The third-order valence-electron chi connectivity index (χ3n) is 5.09. The van der Waals surface area contributed by atoms with Gasteiger partial charge < -0.3 is 15.4 Å². The minimum absolute atomic E-state index is 0.551. The first-order valence-corrected chi connectivity index (χ1v) is 10.7. The molecule has 1 aliphatic carbocycles. The molecule has 0 amide bonds. The Bertz CT molecular complexity index is 385. The molecule has 5 nitrogen and oxygen atoms in total. The summed E-state index contributed by atoms with van der Waals surface area (Å²) in [5.74, 6) is 1.66. The van der Waals surface area contributed by atoms with Crippen molar-refractivity contribution in [3.63, 3.8) is 0 Å². The van der Waals surface area contributed by atoms with Gasteiger partial charge in [-0.25, -0.2) is 0 Å². The van der Waals surface area contributed by atoms with Gasteiger partial charge in [0.2, 0.25) is 0 Å². The Morgan fingerprint density at radius 2 is 2.04 bits per heavy atom. The van der Waals surface area contributed by atoms with Gasteiger partial charge in [-0.15, -0.1) is 0 Å². The van der Waals surface area contributed by atoms with Gasteiger partial charge in [-0.05, 0) is 37.9 Å². The van der Waals surface area contributed by atoms with Crippen LogP contribution < -0.4 is 10.6 Å². The molecular weight excluding hydrogens is 320 g/mol. The average molecular weight is 357 g/mol. The Hall–Kier alpha value is -0.460. The average Bonchev–Trinajstić information content (AvgIpc) is 3.05. The Morgan fingerprint density at radius 1 is 1.29 bits per heavy atom. The lowest BCUT2D eigenvalue weighted by atomic mass is 10.0. The third-order valence-corrected chi connectivity index (χ3v) is 6.19. The van der Waals surface area contributed by atoms with E-state index in [-0.39, 0.29) is 0 Å². The molecule has 3 unspecified atom stereocenters. The zero-order chi connectivity index (χ0) is 17.4. The molecule has 2 N–H and O–H groups in total. The predicted octanol–water partition coefficient (Wildman–Crippen LogP) is 2.18. The third kappa shape index (κ3) is 6.45. The first kappa shape index (κ1) is 19.9. The normalized spacial score (nSPS) is 27.5. The minimum Gasteiger partial charge on any atom is -0.379 e. The van der Waals surface area contributed by atoms with E-state index in [2.05, 4.69) is 40.6 Å². The molecule has 2 fully saturated rings. The fraction of sp³-hybridized carbons (Fsp3) is 0.944. The number of thioether (sulfide) groups is 1. The highest BCUT2D eigenvalue weighted by Gasteiger charge is 2.25. The summed E-state index contributed by atoms with van der Waals surface area (Å²) in [6.07, 6.45) is 7.26. The molecule has 1 aliphatic heterocycles. The van der Waals surface area contributed by atoms with E-state index in [0.717, 1.165) is 44.1 Å². The van der Waals surface area contributed by atoms with Crippen LogP contribution in [0.2, 0.25) is 0 Å². The van der Waals surface area contributed by atoms with Gasteiger partial charge in [-0.1, -0.05) is 13.8 Å². The standard InChI is InChI=1S/C18H36N4OS/c1-14(2)11-16(22-7-9-23-10-8-22)13-20-18(19-3)21-15-5-6-17(12-15)24-4/h14-17H,5-13H2,1-4H3,(H2,19,20,21). The van der Waals surface area contributed by atoms with Crippen molar-refractivity contribution in [3.8, 4) is 0 Å². The predicted molar refractivity (Wildman–Crippen MR) is 105 cm³/mol. The number of nitrogens with one attached hydrogen (secondary N) is 2. The molecule has 24 heavy (non-hydrogen) atoms. The van der Waals surface area contributed by atoms with E-state index in [9.17, 15) is 0 Å². The van der Waals surface area contributed by atoms with E-state index in [1.165, 1.54) is 25.7 Å². The zero-order valence-electron chi connectivity index (χ0n) is 15.9. The van der Waals surface area contributed by atoms with Gasteiger partial charge >= 0.3 is 0 Å². The van der Waals surface area contributed by atoms with Gasteiger partial charge in [-0.2, -0.15) is 11.8 Å². The fourth-order valence-corrected chi connectivity index (χ4v) is 4.53. The van der Waals surface area contributed by atoms with Crippen LogP contribution in [0.15, 0.2) is 4.99 Å². The molecule has 6 heteroatoms. The van der Waals surface area contributed by atoms with E-state index in [1.807, 2.05) is 18.8 Å². The topological polar surface area (TPSA) is 48.9 Å². The van der Waals surface area contributed by atoms with Crippen LogP contribution in [0.4, 0.5) is 0 Å². The second kappa shape index (κ2) is 10.5. The van der Waals surface area contributed by atoms with E-state index in [1.54, 1.807) is 0 Å². The Balaban J connectivity index is 1.81. The lowest BCUT2D eigenvalue weighted by Crippen LogP contribution is -2.52. The molecule has 0 aromatic heterocycles. The summed E-state index contributed by atoms with van der Waals surface area (Å²) in [5.41, 5.74) is 0. The lowest BCUT2D eigenvalue weighted by Gasteiger charge is -2.36. The number of rotatable bonds is 7. The lowest BCUT2D eigenvalue weighted by molar-refractivity contribution is 0.0132. The molecule has 3 atom stereocenters. The van der Waals surface area contributed by atoms with E-state index in [4.69, 9.17) is 4.74 Å². The van der Waals surface area contributed by atoms with Crippen molar-refractivity contribution in [1.82, 2.24) is 15.5 Å². The van der Waals surface area contributed by atoms with Gasteiger partial charge in [-0.3, -0.25) is 9.89 Å². The van der Waals surface area contributed by atoms with Crippen molar-refractivity contribution in [2.24, 2.45) is 10.9 Å². The summed E-state index contributed by atoms with van der Waals surface area (Å²) in [6.45, 7) is 9.38. The number of morpholine rings is 1. The van der Waals surface area contributed by atoms with Crippen LogP contribution in [0, 0.1) is 5.92 Å². The SMILES string of the molecule is CN=C(NCC(CC(C)C)N1CCOCC1)NC1CCC(SC)C1. The quantitative estimate of drug-likeness (QED) is 0.541. The summed E-state index contributed by atoms with van der Waals surface area (Å²) in [6, 6.07) is 1.12. The van der Waals surface area contributed by atoms with Gasteiger partial charge in [0, 0.05) is 44.0 Å². The Labute approximate surface area is 152 Å². The van der Waals surface area contributed by atoms with Crippen molar-refractivity contribution in [1.29, 1.82) is 0 Å². The molecule has 0 radical (unpaired) electrons. The molecule has 0 spiro atoms. The highest BCUT2D eigenvalue weighted by atomic mass is 32.2. The number of hydrogen-bond donors (Lipinski definition) is 2. The number of aliphatic imine (C=N–C) groups is 1. The maximum Gasteiger partial charge on any atom is 0.191 e. The first-order valence-electron chi connectivity index (χ1n) is 9.44. The molecule has 140 valence electrons. The molecule has 0 aromatic rings. The maximum absolute atomic E-state index is 5.51. The summed E-state index contributed by atoms with van der Waals surface area (Å²) in [7, 11) is 1.88. The van der Waals surface area contributed by atoms with Crippen molar-refractivity contribution in [2.45, 2.75) is 56.9 Å². The van der Waals surface area contributed by atoms with Crippen molar-refractivity contribution < 1.29 is 4.74 Å². The monoisotopic (exact) mass is 356 g/mol. The first-order chi connectivity index (χ1) is 11.6. The van der Waals surface area contributed by atoms with E-state index < -0.39 is 0 Å². The van der Waals surface area contributed by atoms with E-state index >= 15 is 0 Å². The van der Waals surface area contributed by atoms with E-state index in [0.29, 0.717) is 18.0 Å². The number of ether oxygens (including phenoxy) is 1. The van der Waals surface area contributed by atoms with Crippen LogP contribution >= 0.6 is 11.8 Å². The molecule has 1 heterocycles. The summed E-state index contributed by atoms with van der Waals surface area (Å²) in [5, 5.41) is 8.01. The second-order valence-electron chi connectivity index (χ2n) is 7.40. The molecule has 1 saturated heterocycles. The van der Waals surface area contributed by atoms with Crippen molar-refractivity contribution >= 4 is 17.7 Å². The van der Waals surface area contributed by atoms with Crippen LogP contribution in [0.5, 0.6) is 0 Å². The van der Waals surface area contributed by atoms with Crippen LogP contribution in [-0.4, -0.2) is 74.3 Å². The highest BCUT2D eigenvalue weighted by Crippen LogP contribution is 2.28. The summed E-state index contributed by atoms with van der Waals surface area (Å²) < 4.78 is 5.51. The summed E-state index contributed by atoms with van der Waals surface area (Å²) >= 11 is 2.00. The molecule has 0 aromatic carbocycles. The van der Waals surface area contributed by atoms with Gasteiger partial charge in [0.25, 0.3) is 0 Å². The van der Waals surface area contributed by atoms with Gasteiger partial charge in [0.15, 0.2) is 5.96 Å². The highest BCUT2D eigenvalue weighted by molar-refractivity contribution is 7.99. The summed E-state index contributed by atoms with van der Waals surface area (Å²) in [4.78, 5) is 7.02. The van der Waals surface area contributed by atoms with Crippen LogP contribution in [0.25, 0.3) is 0 Å². The Morgan fingerprint density at radius 3 is 2.62 bits per heavy atom. The molecule has 2 rings (SSSR count). The van der Waals surface area contributed by atoms with Crippen molar-refractivity contribution in [2.75, 3.05) is 46.2 Å². The van der Waals surface area contributed by atoms with Crippen LogP contribution in [0.1, 0.15) is 39.5 Å². The molecular formula is C18H36N4OS. The second-order valence-corrected chi connectivity index (χ2v) is 8.53. The van der Waals surface area contributed by atoms with Crippen LogP contribution in [-0.2, 0) is 4.74 Å². The molecule has 0 bridgehead atoms. The number of hydrogen-bond acceptors (Lipinski definition) is 4. The fourth-order valence-electron chi connectivity index (χ4n) is 3.74. The molecule has 2 aliphatic rings. The minimum atomic E-state index is 0.551. The van der Waals surface area contributed by atoms with Gasteiger partial charge in [0.05, 0.1) is 13.2 Å². The zero-order valence-corrected chi connectivity index (χ0v) is 16.7. The number of guanidine groups is 1.